The highest BCUT2D eigenvalue weighted by molar-refractivity contribution is 7.89. The van der Waals surface area contributed by atoms with Crippen LogP contribution >= 0.6 is 0 Å². The van der Waals surface area contributed by atoms with E-state index in [1.807, 2.05) is 0 Å². The van der Waals surface area contributed by atoms with Crippen LogP contribution in [-0.2, 0) is 14.9 Å². The predicted octanol–water partition coefficient (Wildman–Crippen LogP) is 0.982. The SMILES string of the molecule is C=CCON(C1C=C(C)C(CO)NC1)S(=O)(=O)c1ccccc1[N+](=O)[O-]. The van der Waals surface area contributed by atoms with Gasteiger partial charge in [-0.05, 0) is 13.0 Å². The zero-order valence-corrected chi connectivity index (χ0v) is 15.1. The third kappa shape index (κ3) is 4.17. The van der Waals surface area contributed by atoms with Gasteiger partial charge in [0.05, 0.1) is 30.2 Å². The second-order valence-corrected chi connectivity index (χ2v) is 7.44. The molecule has 2 rings (SSSR count). The molecule has 9 nitrogen and oxygen atoms in total. The highest BCUT2D eigenvalue weighted by Gasteiger charge is 2.38. The molecule has 1 aromatic rings. The van der Waals surface area contributed by atoms with E-state index in [2.05, 4.69) is 11.9 Å². The third-order valence-electron chi connectivity index (χ3n) is 3.93. The van der Waals surface area contributed by atoms with Gasteiger partial charge in [0.2, 0.25) is 0 Å². The van der Waals surface area contributed by atoms with E-state index in [0.717, 1.165) is 16.1 Å². The third-order valence-corrected chi connectivity index (χ3v) is 5.68. The number of hydrogen-bond acceptors (Lipinski definition) is 7. The van der Waals surface area contributed by atoms with Gasteiger partial charge in [-0.25, -0.2) is 8.42 Å². The van der Waals surface area contributed by atoms with Crippen molar-refractivity contribution in [3.63, 3.8) is 0 Å². The zero-order chi connectivity index (χ0) is 19.3. The summed E-state index contributed by atoms with van der Waals surface area (Å²) in [5, 5.41) is 23.6. The number of aliphatic hydroxyl groups excluding tert-OH is 1. The van der Waals surface area contributed by atoms with Crippen LogP contribution in [0.3, 0.4) is 0 Å². The lowest BCUT2D eigenvalue weighted by Gasteiger charge is -2.33. The van der Waals surface area contributed by atoms with E-state index in [9.17, 15) is 23.6 Å². The topological polar surface area (TPSA) is 122 Å². The van der Waals surface area contributed by atoms with E-state index >= 15 is 0 Å². The van der Waals surface area contributed by atoms with Gasteiger partial charge < -0.3 is 10.4 Å². The lowest BCUT2D eigenvalue weighted by atomic mass is 10.0. The summed E-state index contributed by atoms with van der Waals surface area (Å²) in [5.41, 5.74) is 0.214. The van der Waals surface area contributed by atoms with Crippen LogP contribution in [0.5, 0.6) is 0 Å². The molecule has 1 aliphatic rings. The normalized spacial score (nSPS) is 20.7. The number of nitro groups is 1. The van der Waals surface area contributed by atoms with E-state index in [1.165, 1.54) is 24.3 Å². The van der Waals surface area contributed by atoms with Crippen LogP contribution in [0.2, 0.25) is 0 Å². The summed E-state index contributed by atoms with van der Waals surface area (Å²) >= 11 is 0. The summed E-state index contributed by atoms with van der Waals surface area (Å²) in [6, 6.07) is 4.09. The zero-order valence-electron chi connectivity index (χ0n) is 14.2. The van der Waals surface area contributed by atoms with E-state index in [1.54, 1.807) is 13.0 Å². The van der Waals surface area contributed by atoms with Gasteiger partial charge in [0.25, 0.3) is 15.7 Å². The van der Waals surface area contributed by atoms with Crippen LogP contribution in [0.15, 0.2) is 53.5 Å². The van der Waals surface area contributed by atoms with Crippen LogP contribution in [0.25, 0.3) is 0 Å². The number of para-hydroxylation sites is 1. The van der Waals surface area contributed by atoms with Gasteiger partial charge in [-0.15, -0.1) is 6.58 Å². The van der Waals surface area contributed by atoms with E-state index in [4.69, 9.17) is 4.84 Å². The van der Waals surface area contributed by atoms with Gasteiger partial charge in [0.15, 0.2) is 4.90 Å². The van der Waals surface area contributed by atoms with E-state index < -0.39 is 31.6 Å². The Hall–Kier alpha value is -2.11. The van der Waals surface area contributed by atoms with E-state index in [-0.39, 0.29) is 25.8 Å². The van der Waals surface area contributed by atoms with Crippen molar-refractivity contribution in [3.8, 4) is 0 Å². The second-order valence-electron chi connectivity index (χ2n) is 5.69. The Kier molecular flexibility index (Phi) is 6.62. The Morgan fingerprint density at radius 1 is 1.50 bits per heavy atom. The number of aliphatic hydroxyl groups is 1. The van der Waals surface area contributed by atoms with Gasteiger partial charge in [-0.2, -0.15) is 0 Å². The molecule has 26 heavy (non-hydrogen) atoms. The average molecular weight is 383 g/mol. The van der Waals surface area contributed by atoms with Gasteiger partial charge >= 0.3 is 0 Å². The standard InChI is InChI=1S/C16H21N3O6S/c1-3-8-25-19(13-9-12(2)14(11-20)17-10-13)26(23,24)16-7-5-4-6-15(16)18(21)22/h3-7,9,13-14,17,20H,1,8,10-11H2,2H3. The van der Waals surface area contributed by atoms with Crippen molar-refractivity contribution in [2.45, 2.75) is 23.9 Å². The maximum absolute atomic E-state index is 13.1. The summed E-state index contributed by atoms with van der Waals surface area (Å²) in [7, 11) is -4.32. The van der Waals surface area contributed by atoms with Crippen LogP contribution in [0.1, 0.15) is 6.92 Å². The first kappa shape index (κ1) is 20.2. The number of nitrogens with one attached hydrogen (secondary N) is 1. The Labute approximate surface area is 151 Å². The molecule has 1 aliphatic heterocycles. The predicted molar refractivity (Wildman–Crippen MR) is 94.7 cm³/mol. The van der Waals surface area contributed by atoms with Crippen molar-refractivity contribution in [1.82, 2.24) is 9.79 Å². The Morgan fingerprint density at radius 3 is 2.77 bits per heavy atom. The lowest BCUT2D eigenvalue weighted by molar-refractivity contribution is -0.387. The minimum Gasteiger partial charge on any atom is -0.394 e. The molecular formula is C16H21N3O6S. The Bertz CT molecular complexity index is 808. The molecule has 2 atom stereocenters. The van der Waals surface area contributed by atoms with Crippen LogP contribution in [-0.4, -0.2) is 54.8 Å². The molecule has 0 spiro atoms. The summed E-state index contributed by atoms with van der Waals surface area (Å²) < 4.78 is 26.9. The number of hydroxylamine groups is 1. The fraction of sp³-hybridized carbons (Fsp3) is 0.375. The molecule has 2 N–H and O–H groups in total. The molecule has 0 amide bonds. The molecule has 0 fully saturated rings. The molecular weight excluding hydrogens is 362 g/mol. The van der Waals surface area contributed by atoms with Crippen LogP contribution < -0.4 is 5.32 Å². The van der Waals surface area contributed by atoms with Gasteiger partial charge in [0.1, 0.15) is 0 Å². The van der Waals surface area contributed by atoms with Crippen molar-refractivity contribution in [2.75, 3.05) is 19.8 Å². The number of hydrogen-bond donors (Lipinski definition) is 2. The highest BCUT2D eigenvalue weighted by Crippen LogP contribution is 2.29. The summed E-state index contributed by atoms with van der Waals surface area (Å²) in [6.07, 6.45) is 3.04. The maximum atomic E-state index is 13.1. The fourth-order valence-electron chi connectivity index (χ4n) is 2.64. The summed E-state index contributed by atoms with van der Waals surface area (Å²) in [6.45, 7) is 5.22. The largest absolute Gasteiger partial charge is 0.394 e. The van der Waals surface area contributed by atoms with Crippen LogP contribution in [0, 0.1) is 10.1 Å². The van der Waals surface area contributed by atoms with Crippen molar-refractivity contribution >= 4 is 15.7 Å². The first-order valence-electron chi connectivity index (χ1n) is 7.87. The number of nitro benzene ring substituents is 1. The smallest absolute Gasteiger partial charge is 0.289 e. The average Bonchev–Trinajstić information content (AvgIpc) is 2.62. The first-order valence-corrected chi connectivity index (χ1v) is 9.31. The Balaban J connectivity index is 2.48. The van der Waals surface area contributed by atoms with Gasteiger partial charge in [-0.3, -0.25) is 15.0 Å². The minimum atomic E-state index is -4.32. The molecule has 0 saturated heterocycles. The van der Waals surface area contributed by atoms with Crippen molar-refractivity contribution in [3.05, 3.63) is 58.7 Å². The monoisotopic (exact) mass is 383 g/mol. The second kappa shape index (κ2) is 8.52. The molecule has 1 aromatic carbocycles. The maximum Gasteiger partial charge on any atom is 0.289 e. The highest BCUT2D eigenvalue weighted by atomic mass is 32.2. The molecule has 0 aromatic heterocycles. The molecule has 0 aliphatic carbocycles. The molecule has 10 heteroatoms. The molecule has 1 heterocycles. The fourth-order valence-corrected chi connectivity index (χ4v) is 4.18. The number of sulfonamides is 1. The molecule has 0 radical (unpaired) electrons. The molecule has 0 saturated carbocycles. The first-order chi connectivity index (χ1) is 12.3. The van der Waals surface area contributed by atoms with Crippen LogP contribution in [0.4, 0.5) is 5.69 Å². The minimum absolute atomic E-state index is 0.0906. The quantitative estimate of drug-likeness (QED) is 0.390. The van der Waals surface area contributed by atoms with Crippen molar-refractivity contribution in [2.24, 2.45) is 0 Å². The number of benzene rings is 1. The van der Waals surface area contributed by atoms with Gasteiger partial charge in [0, 0.05) is 12.6 Å². The van der Waals surface area contributed by atoms with Crippen molar-refractivity contribution < 1.29 is 23.3 Å². The van der Waals surface area contributed by atoms with Crippen molar-refractivity contribution in [1.29, 1.82) is 0 Å². The number of rotatable bonds is 8. The lowest BCUT2D eigenvalue weighted by Crippen LogP contribution is -2.51. The molecule has 2 unspecified atom stereocenters. The number of nitrogens with zero attached hydrogens (tertiary/aromatic N) is 2. The van der Waals surface area contributed by atoms with Gasteiger partial charge in [-0.1, -0.05) is 34.3 Å². The molecule has 142 valence electrons. The molecule has 0 bridgehead atoms. The Morgan fingerprint density at radius 2 is 2.19 bits per heavy atom. The van der Waals surface area contributed by atoms with E-state index in [0.29, 0.717) is 0 Å². The summed E-state index contributed by atoms with van der Waals surface area (Å²) in [5.74, 6) is 0. The summed E-state index contributed by atoms with van der Waals surface area (Å²) in [4.78, 5) is 15.4.